The molecule has 0 amide bonds. The van der Waals surface area contributed by atoms with Crippen LogP contribution in [0.1, 0.15) is 5.56 Å². The monoisotopic (exact) mass is 209 g/mol. The summed E-state index contributed by atoms with van der Waals surface area (Å²) in [4.78, 5) is 0. The Morgan fingerprint density at radius 1 is 1.33 bits per heavy atom. The molecule has 0 radical (unpaired) electrons. The van der Waals surface area contributed by atoms with Gasteiger partial charge in [0.15, 0.2) is 0 Å². The number of hydrogen-bond acceptors (Lipinski definition) is 4. The lowest BCUT2D eigenvalue weighted by Crippen LogP contribution is -1.99. The summed E-state index contributed by atoms with van der Waals surface area (Å²) in [5.41, 5.74) is 1.21. The van der Waals surface area contributed by atoms with Gasteiger partial charge in [-0.05, 0) is 24.1 Å². The molecular weight excluding hydrogens is 194 g/mol. The van der Waals surface area contributed by atoms with Gasteiger partial charge in [0.05, 0.1) is 12.8 Å². The van der Waals surface area contributed by atoms with Crippen LogP contribution in [0.15, 0.2) is 29.4 Å². The van der Waals surface area contributed by atoms with Gasteiger partial charge in [0.1, 0.15) is 12.4 Å². The van der Waals surface area contributed by atoms with Gasteiger partial charge < -0.3 is 14.7 Å². The lowest BCUT2D eigenvalue weighted by Gasteiger charge is -2.04. The van der Waals surface area contributed by atoms with Crippen LogP contribution in [0.2, 0.25) is 0 Å². The summed E-state index contributed by atoms with van der Waals surface area (Å²) in [6.07, 6.45) is 2.19. The molecule has 4 heteroatoms. The zero-order valence-electron chi connectivity index (χ0n) is 8.72. The van der Waals surface area contributed by atoms with E-state index in [4.69, 9.17) is 14.7 Å². The standard InChI is InChI=1S/C11H15NO3/c1-14-8-6-10-2-4-11(5-3-10)15-9-7-12-13/h2-5,7,13H,6,8-9H2,1H3. The summed E-state index contributed by atoms with van der Waals surface area (Å²) in [6.45, 7) is 0.991. The van der Waals surface area contributed by atoms with E-state index in [9.17, 15) is 0 Å². The molecule has 0 aliphatic heterocycles. The quantitative estimate of drug-likeness (QED) is 0.441. The van der Waals surface area contributed by atoms with Crippen molar-refractivity contribution in [2.75, 3.05) is 20.3 Å². The number of benzene rings is 1. The van der Waals surface area contributed by atoms with Crippen molar-refractivity contribution < 1.29 is 14.7 Å². The Labute approximate surface area is 89.1 Å². The van der Waals surface area contributed by atoms with Crippen LogP contribution in [0.5, 0.6) is 5.75 Å². The Kier molecular flexibility index (Phi) is 5.25. The topological polar surface area (TPSA) is 51.0 Å². The Bertz CT molecular complexity index is 295. The summed E-state index contributed by atoms with van der Waals surface area (Å²) >= 11 is 0. The Morgan fingerprint density at radius 2 is 2.07 bits per heavy atom. The van der Waals surface area contributed by atoms with Gasteiger partial charge >= 0.3 is 0 Å². The SMILES string of the molecule is COCCc1ccc(OCC=NO)cc1. The molecule has 1 rings (SSSR count). The first-order chi connectivity index (χ1) is 7.36. The minimum absolute atomic E-state index is 0.272. The first kappa shape index (κ1) is 11.5. The number of methoxy groups -OCH3 is 1. The maximum Gasteiger partial charge on any atom is 0.127 e. The van der Waals surface area contributed by atoms with E-state index in [1.807, 2.05) is 24.3 Å². The van der Waals surface area contributed by atoms with Gasteiger partial charge in [-0.1, -0.05) is 17.3 Å². The number of rotatable bonds is 6. The van der Waals surface area contributed by atoms with Crippen molar-refractivity contribution in [2.45, 2.75) is 6.42 Å². The van der Waals surface area contributed by atoms with Gasteiger partial charge in [-0.15, -0.1) is 0 Å². The normalized spacial score (nSPS) is 10.7. The molecule has 15 heavy (non-hydrogen) atoms. The van der Waals surface area contributed by atoms with E-state index in [0.29, 0.717) is 0 Å². The third kappa shape index (κ3) is 4.46. The van der Waals surface area contributed by atoms with Crippen LogP contribution in [-0.4, -0.2) is 31.7 Å². The van der Waals surface area contributed by atoms with Gasteiger partial charge in [0, 0.05) is 7.11 Å². The van der Waals surface area contributed by atoms with Crippen LogP contribution in [0.3, 0.4) is 0 Å². The molecule has 0 unspecified atom stereocenters. The molecular formula is C11H15NO3. The average Bonchev–Trinajstić information content (AvgIpc) is 2.28. The number of nitrogens with zero attached hydrogens (tertiary/aromatic N) is 1. The van der Waals surface area contributed by atoms with Crippen molar-refractivity contribution in [3.63, 3.8) is 0 Å². The van der Waals surface area contributed by atoms with E-state index >= 15 is 0 Å². The molecule has 0 aromatic heterocycles. The van der Waals surface area contributed by atoms with E-state index in [-0.39, 0.29) is 6.61 Å². The molecule has 1 aromatic rings. The summed E-state index contributed by atoms with van der Waals surface area (Å²) in [7, 11) is 1.69. The second kappa shape index (κ2) is 6.84. The number of hydrogen-bond donors (Lipinski definition) is 1. The fraction of sp³-hybridized carbons (Fsp3) is 0.364. The third-order valence-electron chi connectivity index (χ3n) is 1.92. The van der Waals surface area contributed by atoms with Crippen molar-refractivity contribution in [3.8, 4) is 5.75 Å². The van der Waals surface area contributed by atoms with E-state index < -0.39 is 0 Å². The highest BCUT2D eigenvalue weighted by Crippen LogP contribution is 2.12. The first-order valence-electron chi connectivity index (χ1n) is 4.73. The van der Waals surface area contributed by atoms with Crippen LogP contribution in [-0.2, 0) is 11.2 Å². The molecule has 0 atom stereocenters. The molecule has 0 saturated carbocycles. The molecule has 0 bridgehead atoms. The lowest BCUT2D eigenvalue weighted by molar-refractivity contribution is 0.202. The van der Waals surface area contributed by atoms with Gasteiger partial charge in [-0.3, -0.25) is 0 Å². The highest BCUT2D eigenvalue weighted by atomic mass is 16.5. The minimum Gasteiger partial charge on any atom is -0.488 e. The van der Waals surface area contributed by atoms with E-state index in [1.54, 1.807) is 7.11 Å². The van der Waals surface area contributed by atoms with Gasteiger partial charge in [0.25, 0.3) is 0 Å². The highest BCUT2D eigenvalue weighted by molar-refractivity contribution is 5.58. The Morgan fingerprint density at radius 3 is 2.67 bits per heavy atom. The molecule has 0 aliphatic rings. The molecule has 0 heterocycles. The molecule has 0 spiro atoms. The zero-order chi connectivity index (χ0) is 10.9. The predicted molar refractivity (Wildman–Crippen MR) is 57.8 cm³/mol. The van der Waals surface area contributed by atoms with Crippen molar-refractivity contribution in [2.24, 2.45) is 5.16 Å². The molecule has 0 saturated heterocycles. The maximum absolute atomic E-state index is 8.16. The summed E-state index contributed by atoms with van der Waals surface area (Å²) in [5, 5.41) is 11.0. The largest absolute Gasteiger partial charge is 0.488 e. The van der Waals surface area contributed by atoms with Gasteiger partial charge in [-0.2, -0.15) is 0 Å². The maximum atomic E-state index is 8.16. The smallest absolute Gasteiger partial charge is 0.127 e. The van der Waals surface area contributed by atoms with E-state index in [0.717, 1.165) is 18.8 Å². The molecule has 82 valence electrons. The molecule has 0 aliphatic carbocycles. The summed E-state index contributed by atoms with van der Waals surface area (Å²) in [5.74, 6) is 0.760. The minimum atomic E-state index is 0.272. The number of ether oxygens (including phenoxy) is 2. The third-order valence-corrected chi connectivity index (χ3v) is 1.92. The Hall–Kier alpha value is -1.55. The van der Waals surface area contributed by atoms with E-state index in [2.05, 4.69) is 5.16 Å². The van der Waals surface area contributed by atoms with Crippen LogP contribution in [0.4, 0.5) is 0 Å². The van der Waals surface area contributed by atoms with Crippen molar-refractivity contribution >= 4 is 6.21 Å². The van der Waals surface area contributed by atoms with Gasteiger partial charge in [0.2, 0.25) is 0 Å². The van der Waals surface area contributed by atoms with Gasteiger partial charge in [-0.25, -0.2) is 0 Å². The lowest BCUT2D eigenvalue weighted by atomic mass is 10.1. The predicted octanol–water partition coefficient (Wildman–Crippen LogP) is 1.71. The fourth-order valence-corrected chi connectivity index (χ4v) is 1.14. The zero-order valence-corrected chi connectivity index (χ0v) is 8.72. The number of oxime groups is 1. The molecule has 0 fully saturated rings. The van der Waals surface area contributed by atoms with Crippen LogP contribution in [0.25, 0.3) is 0 Å². The second-order valence-corrected chi connectivity index (χ2v) is 3.00. The second-order valence-electron chi connectivity index (χ2n) is 3.00. The average molecular weight is 209 g/mol. The van der Waals surface area contributed by atoms with Crippen LogP contribution in [0, 0.1) is 0 Å². The van der Waals surface area contributed by atoms with E-state index in [1.165, 1.54) is 11.8 Å². The Balaban J connectivity index is 2.41. The summed E-state index contributed by atoms with van der Waals surface area (Å²) in [6, 6.07) is 7.75. The first-order valence-corrected chi connectivity index (χ1v) is 4.73. The van der Waals surface area contributed by atoms with Crippen molar-refractivity contribution in [1.29, 1.82) is 0 Å². The highest BCUT2D eigenvalue weighted by Gasteiger charge is 1.94. The van der Waals surface area contributed by atoms with Crippen LogP contribution < -0.4 is 4.74 Å². The summed E-state index contributed by atoms with van der Waals surface area (Å²) < 4.78 is 10.2. The molecule has 1 aromatic carbocycles. The van der Waals surface area contributed by atoms with Crippen molar-refractivity contribution in [3.05, 3.63) is 29.8 Å². The molecule has 1 N–H and O–H groups in total. The van der Waals surface area contributed by atoms with Crippen molar-refractivity contribution in [1.82, 2.24) is 0 Å². The fourth-order valence-electron chi connectivity index (χ4n) is 1.14. The van der Waals surface area contributed by atoms with Crippen LogP contribution >= 0.6 is 0 Å². The molecule has 4 nitrogen and oxygen atoms in total.